The van der Waals surface area contributed by atoms with Crippen molar-refractivity contribution in [3.8, 4) is 5.75 Å². The number of hydrogen-bond donors (Lipinski definition) is 2. The number of ether oxygens (including phenoxy) is 2. The van der Waals surface area contributed by atoms with Crippen LogP contribution in [-0.2, 0) is 34.6 Å². The van der Waals surface area contributed by atoms with Crippen molar-refractivity contribution in [2.75, 3.05) is 19.8 Å². The Morgan fingerprint density at radius 1 is 1.25 bits per heavy atom. The molecule has 0 fully saturated rings. The van der Waals surface area contributed by atoms with Crippen LogP contribution >= 0.6 is 0 Å². The van der Waals surface area contributed by atoms with Crippen LogP contribution in [0, 0.1) is 5.82 Å². The van der Waals surface area contributed by atoms with Gasteiger partial charge in [-0.25, -0.2) is 27.3 Å². The first-order valence-corrected chi connectivity index (χ1v) is 13.1. The number of imidazole rings is 1. The van der Waals surface area contributed by atoms with Crippen LogP contribution in [0.25, 0.3) is 0 Å². The van der Waals surface area contributed by atoms with Gasteiger partial charge in [0.25, 0.3) is 10.0 Å². The van der Waals surface area contributed by atoms with E-state index in [9.17, 15) is 17.6 Å². The SMILES string of the molecule is CCOC(=O)NC1Cc2cc(F)c(OCCNS(=O)(=O)c3cn(C)cn3)cc2C1Cc1ccccc1. The smallest absolute Gasteiger partial charge is 0.407 e. The van der Waals surface area contributed by atoms with Crippen LogP contribution in [0.4, 0.5) is 9.18 Å². The van der Waals surface area contributed by atoms with E-state index in [1.54, 1.807) is 20.0 Å². The third-order valence-corrected chi connectivity index (χ3v) is 7.35. The molecule has 1 amide bonds. The van der Waals surface area contributed by atoms with E-state index in [1.807, 2.05) is 30.3 Å². The molecule has 2 atom stereocenters. The molecule has 1 aromatic heterocycles. The number of aryl methyl sites for hydroxylation is 1. The summed E-state index contributed by atoms with van der Waals surface area (Å²) in [6.45, 7) is 1.86. The number of amides is 1. The molecule has 36 heavy (non-hydrogen) atoms. The summed E-state index contributed by atoms with van der Waals surface area (Å²) >= 11 is 0. The van der Waals surface area contributed by atoms with Crippen LogP contribution in [0.2, 0.25) is 0 Å². The Balaban J connectivity index is 1.47. The number of alkyl carbamates (subject to hydrolysis) is 1. The summed E-state index contributed by atoms with van der Waals surface area (Å²) in [5.74, 6) is -0.630. The van der Waals surface area contributed by atoms with Gasteiger partial charge in [-0.3, -0.25) is 0 Å². The molecule has 1 heterocycles. The zero-order valence-corrected chi connectivity index (χ0v) is 20.9. The first-order chi connectivity index (χ1) is 17.3. The van der Waals surface area contributed by atoms with Crippen molar-refractivity contribution in [3.63, 3.8) is 0 Å². The molecule has 0 bridgehead atoms. The second kappa shape index (κ2) is 11.1. The van der Waals surface area contributed by atoms with Gasteiger partial charge in [-0.15, -0.1) is 0 Å². The molecule has 0 spiro atoms. The van der Waals surface area contributed by atoms with E-state index in [-0.39, 0.29) is 42.5 Å². The number of nitrogens with one attached hydrogen (secondary N) is 2. The van der Waals surface area contributed by atoms with Gasteiger partial charge in [0, 0.05) is 31.7 Å². The summed E-state index contributed by atoms with van der Waals surface area (Å²) in [6.07, 6.45) is 3.37. The Labute approximate surface area is 209 Å². The first kappa shape index (κ1) is 25.6. The summed E-state index contributed by atoms with van der Waals surface area (Å²) in [6, 6.07) is 12.7. The Bertz CT molecular complexity index is 1310. The Morgan fingerprint density at radius 2 is 2.03 bits per heavy atom. The molecule has 9 nitrogen and oxygen atoms in total. The lowest BCUT2D eigenvalue weighted by Crippen LogP contribution is -2.38. The van der Waals surface area contributed by atoms with Crippen LogP contribution in [0.3, 0.4) is 0 Å². The maximum atomic E-state index is 14.8. The van der Waals surface area contributed by atoms with Gasteiger partial charge in [0.15, 0.2) is 16.6 Å². The maximum absolute atomic E-state index is 14.8. The molecule has 11 heteroatoms. The molecule has 0 saturated carbocycles. The Morgan fingerprint density at radius 3 is 2.72 bits per heavy atom. The molecule has 2 N–H and O–H groups in total. The molecule has 2 aromatic carbocycles. The fourth-order valence-corrected chi connectivity index (χ4v) is 5.36. The van der Waals surface area contributed by atoms with Crippen molar-refractivity contribution in [1.82, 2.24) is 19.6 Å². The molecule has 3 aromatic rings. The maximum Gasteiger partial charge on any atom is 0.407 e. The summed E-state index contributed by atoms with van der Waals surface area (Å²) < 4.78 is 54.1. The third-order valence-electron chi connectivity index (χ3n) is 6.00. The highest BCUT2D eigenvalue weighted by Crippen LogP contribution is 2.39. The number of fused-ring (bicyclic) bond motifs is 1. The first-order valence-electron chi connectivity index (χ1n) is 11.7. The average Bonchev–Trinajstić information content (AvgIpc) is 3.41. The number of hydrogen-bond acceptors (Lipinski definition) is 6. The Kier molecular flexibility index (Phi) is 7.90. The summed E-state index contributed by atoms with van der Waals surface area (Å²) in [4.78, 5) is 16.0. The van der Waals surface area contributed by atoms with Crippen LogP contribution in [0.15, 0.2) is 60.0 Å². The summed E-state index contributed by atoms with van der Waals surface area (Å²) in [7, 11) is -2.12. The van der Waals surface area contributed by atoms with Crippen molar-refractivity contribution in [2.24, 2.45) is 7.05 Å². The van der Waals surface area contributed by atoms with E-state index in [1.165, 1.54) is 23.2 Å². The third kappa shape index (κ3) is 6.03. The van der Waals surface area contributed by atoms with E-state index in [0.717, 1.165) is 16.7 Å². The fourth-order valence-electron chi connectivity index (χ4n) is 4.37. The number of benzene rings is 2. The lowest BCUT2D eigenvalue weighted by atomic mass is 9.91. The van der Waals surface area contributed by atoms with Gasteiger partial charge < -0.3 is 19.4 Å². The lowest BCUT2D eigenvalue weighted by molar-refractivity contribution is 0.147. The van der Waals surface area contributed by atoms with Crippen molar-refractivity contribution in [2.45, 2.75) is 36.8 Å². The van der Waals surface area contributed by atoms with Gasteiger partial charge in [0.1, 0.15) is 6.61 Å². The van der Waals surface area contributed by atoms with Crippen molar-refractivity contribution < 1.29 is 27.1 Å². The van der Waals surface area contributed by atoms with Crippen LogP contribution in [-0.4, -0.2) is 49.9 Å². The zero-order chi connectivity index (χ0) is 25.7. The van der Waals surface area contributed by atoms with Crippen LogP contribution < -0.4 is 14.8 Å². The van der Waals surface area contributed by atoms with E-state index in [0.29, 0.717) is 12.8 Å². The number of carbonyl (C=O) groups excluding carboxylic acids is 1. The number of sulfonamides is 1. The molecule has 1 aliphatic rings. The number of aromatic nitrogens is 2. The van der Waals surface area contributed by atoms with Gasteiger partial charge in [-0.1, -0.05) is 30.3 Å². The highest BCUT2D eigenvalue weighted by molar-refractivity contribution is 7.89. The van der Waals surface area contributed by atoms with E-state index in [4.69, 9.17) is 9.47 Å². The highest BCUT2D eigenvalue weighted by Gasteiger charge is 2.35. The van der Waals surface area contributed by atoms with E-state index < -0.39 is 21.9 Å². The average molecular weight is 517 g/mol. The van der Waals surface area contributed by atoms with Crippen LogP contribution in [0.1, 0.15) is 29.5 Å². The number of nitrogens with zero attached hydrogens (tertiary/aromatic N) is 2. The van der Waals surface area contributed by atoms with Gasteiger partial charge in [-0.2, -0.15) is 0 Å². The molecule has 0 saturated heterocycles. The van der Waals surface area contributed by atoms with Crippen molar-refractivity contribution in [1.29, 1.82) is 0 Å². The Hall–Kier alpha value is -3.44. The van der Waals surface area contributed by atoms with Crippen molar-refractivity contribution >= 4 is 16.1 Å². The quantitative estimate of drug-likeness (QED) is 0.401. The monoisotopic (exact) mass is 516 g/mol. The topological polar surface area (TPSA) is 112 Å². The fraction of sp³-hybridized carbons (Fsp3) is 0.360. The normalized spacial score (nSPS) is 17.0. The second-order valence-corrected chi connectivity index (χ2v) is 10.3. The van der Waals surface area contributed by atoms with Crippen LogP contribution in [0.5, 0.6) is 5.75 Å². The van der Waals surface area contributed by atoms with Gasteiger partial charge >= 0.3 is 6.09 Å². The number of halogens is 1. The van der Waals surface area contributed by atoms with Gasteiger partial charge in [0.05, 0.1) is 12.9 Å². The highest BCUT2D eigenvalue weighted by atomic mass is 32.2. The molecule has 192 valence electrons. The standard InChI is InChI=1S/C25H29FN4O5S/c1-3-34-25(31)29-22-13-18-12-21(26)23(14-19(18)20(22)11-17-7-5-4-6-8-17)35-10-9-28-36(32,33)24-15-30(2)16-27-24/h4-8,12,14-16,20,22,28H,3,9-11,13H2,1-2H3,(H,29,31). The molecular weight excluding hydrogens is 487 g/mol. The predicted molar refractivity (Wildman–Crippen MR) is 131 cm³/mol. The minimum atomic E-state index is -3.79. The molecule has 0 radical (unpaired) electrons. The minimum Gasteiger partial charge on any atom is -0.489 e. The van der Waals surface area contributed by atoms with E-state index >= 15 is 0 Å². The largest absolute Gasteiger partial charge is 0.489 e. The number of carbonyl (C=O) groups is 1. The van der Waals surface area contributed by atoms with Crippen molar-refractivity contribution in [3.05, 3.63) is 77.5 Å². The molecule has 1 aliphatic carbocycles. The number of rotatable bonds is 10. The van der Waals surface area contributed by atoms with Gasteiger partial charge in [-0.05, 0) is 48.6 Å². The predicted octanol–water partition coefficient (Wildman–Crippen LogP) is 2.91. The second-order valence-electron chi connectivity index (χ2n) is 8.58. The molecule has 4 rings (SSSR count). The minimum absolute atomic E-state index is 0.0284. The lowest BCUT2D eigenvalue weighted by Gasteiger charge is -2.22. The molecule has 0 aliphatic heterocycles. The summed E-state index contributed by atoms with van der Waals surface area (Å²) in [5.41, 5.74) is 2.76. The molecule has 2 unspecified atom stereocenters. The molecular formula is C25H29FN4O5S. The van der Waals surface area contributed by atoms with E-state index in [2.05, 4.69) is 15.0 Å². The zero-order valence-electron chi connectivity index (χ0n) is 20.1. The summed E-state index contributed by atoms with van der Waals surface area (Å²) in [5, 5.41) is 2.81. The van der Waals surface area contributed by atoms with Gasteiger partial charge in [0.2, 0.25) is 0 Å².